The summed E-state index contributed by atoms with van der Waals surface area (Å²) in [5, 5.41) is 28.9. The third-order valence-corrected chi connectivity index (χ3v) is 9.95. The monoisotopic (exact) mass is 624 g/mol. The fourth-order valence-corrected chi connectivity index (χ4v) is 7.95. The molecular formula is C33H40N2O10. The summed E-state index contributed by atoms with van der Waals surface area (Å²) in [7, 11) is 1.46. The number of nitrogens with zero attached hydrogens (tertiary/aromatic N) is 2. The van der Waals surface area contributed by atoms with E-state index in [9.17, 15) is 33.9 Å². The summed E-state index contributed by atoms with van der Waals surface area (Å²) in [6.45, 7) is 0.347. The van der Waals surface area contributed by atoms with E-state index in [0.717, 1.165) is 5.57 Å². The van der Waals surface area contributed by atoms with Crippen LogP contribution in [0.2, 0.25) is 0 Å². The number of allylic oxidation sites excluding steroid dienone is 2. The summed E-state index contributed by atoms with van der Waals surface area (Å²) in [5.74, 6) is -6.96. The highest BCUT2D eigenvalue weighted by Crippen LogP contribution is 2.60. The Hall–Kier alpha value is -4.22. The number of aliphatic carboxylic acids is 2. The standard InChI is InChI=1S/C33H40N2O10/c1-45-23-10-8-9-22(36)29(23)27-18-13-14-19-26(32(43)34(30(19)41)15-6-2-4-11-24(37)38)20(18)17-21-28(27)33(44)35(31(21)42)16-7-3-5-12-25(39)40/h8-10,13,19-21,26-28,36H,2-7,11-12,14-17H2,1H3,(H,37,38)(H,39,40). The number of carboxylic acids is 2. The number of aromatic hydroxyl groups is 1. The summed E-state index contributed by atoms with van der Waals surface area (Å²) in [6.07, 6.45) is 5.38. The molecule has 2 aliphatic heterocycles. The largest absolute Gasteiger partial charge is 0.508 e. The summed E-state index contributed by atoms with van der Waals surface area (Å²) in [6, 6.07) is 4.80. The molecule has 5 rings (SSSR count). The smallest absolute Gasteiger partial charge is 0.303 e. The average Bonchev–Trinajstić information content (AvgIpc) is 3.39. The SMILES string of the molecule is COc1cccc(O)c1C1C2=CCC3C(=O)N(CCCCCC(=O)O)C(=O)C3C2CC2C(=O)N(CCCCCC(=O)O)C(=O)C21. The van der Waals surface area contributed by atoms with E-state index in [-0.39, 0.29) is 68.2 Å². The number of imide groups is 2. The van der Waals surface area contributed by atoms with Gasteiger partial charge in [0.05, 0.1) is 30.8 Å². The van der Waals surface area contributed by atoms with Gasteiger partial charge in [0, 0.05) is 37.4 Å². The van der Waals surface area contributed by atoms with Gasteiger partial charge in [0.2, 0.25) is 23.6 Å². The van der Waals surface area contributed by atoms with E-state index in [4.69, 9.17) is 14.9 Å². The van der Waals surface area contributed by atoms with E-state index in [1.807, 2.05) is 6.08 Å². The molecule has 0 radical (unpaired) electrons. The number of rotatable bonds is 14. The summed E-state index contributed by atoms with van der Waals surface area (Å²) < 4.78 is 5.62. The lowest BCUT2D eigenvalue weighted by molar-refractivity contribution is -0.142. The fourth-order valence-electron chi connectivity index (χ4n) is 7.95. The van der Waals surface area contributed by atoms with Crippen LogP contribution in [0.5, 0.6) is 11.5 Å². The van der Waals surface area contributed by atoms with Gasteiger partial charge in [-0.05, 0) is 56.6 Å². The van der Waals surface area contributed by atoms with Crippen LogP contribution in [0, 0.1) is 29.6 Å². The maximum absolute atomic E-state index is 14.0. The third kappa shape index (κ3) is 6.06. The first-order valence-electron chi connectivity index (χ1n) is 15.8. The molecule has 3 N–H and O–H groups in total. The maximum atomic E-state index is 14.0. The Bertz CT molecular complexity index is 1420. The summed E-state index contributed by atoms with van der Waals surface area (Å²) >= 11 is 0. The zero-order valence-electron chi connectivity index (χ0n) is 25.4. The van der Waals surface area contributed by atoms with Gasteiger partial charge in [-0.3, -0.25) is 38.6 Å². The normalized spacial score (nSPS) is 27.3. The fraction of sp³-hybridized carbons (Fsp3) is 0.576. The van der Waals surface area contributed by atoms with Gasteiger partial charge in [-0.2, -0.15) is 0 Å². The van der Waals surface area contributed by atoms with Gasteiger partial charge in [-0.25, -0.2) is 0 Å². The molecule has 2 saturated heterocycles. The second-order valence-corrected chi connectivity index (χ2v) is 12.5. The van der Waals surface area contributed by atoms with Crippen molar-refractivity contribution in [2.24, 2.45) is 29.6 Å². The van der Waals surface area contributed by atoms with Crippen LogP contribution in [0.15, 0.2) is 29.8 Å². The number of methoxy groups -OCH3 is 1. The van der Waals surface area contributed by atoms with Crippen LogP contribution in [0.1, 0.15) is 75.7 Å². The van der Waals surface area contributed by atoms with Gasteiger partial charge >= 0.3 is 11.9 Å². The molecule has 45 heavy (non-hydrogen) atoms. The molecule has 12 heteroatoms. The summed E-state index contributed by atoms with van der Waals surface area (Å²) in [5.41, 5.74) is 1.13. The number of unbranched alkanes of at least 4 members (excludes halogenated alkanes) is 4. The Kier molecular flexibility index (Phi) is 9.59. The maximum Gasteiger partial charge on any atom is 0.303 e. The zero-order valence-corrected chi connectivity index (χ0v) is 25.4. The highest BCUT2D eigenvalue weighted by Gasteiger charge is 2.62. The molecule has 0 aromatic heterocycles. The second kappa shape index (κ2) is 13.4. The van der Waals surface area contributed by atoms with E-state index in [2.05, 4.69) is 0 Å². The number of phenols is 1. The summed E-state index contributed by atoms with van der Waals surface area (Å²) in [4.78, 5) is 79.5. The van der Waals surface area contributed by atoms with Crippen molar-refractivity contribution in [2.75, 3.05) is 20.2 Å². The molecule has 2 aliphatic carbocycles. The van der Waals surface area contributed by atoms with Crippen LogP contribution in [0.4, 0.5) is 0 Å². The molecule has 1 aromatic carbocycles. The average molecular weight is 625 g/mol. The molecule has 2 heterocycles. The second-order valence-electron chi connectivity index (χ2n) is 12.5. The van der Waals surface area contributed by atoms with Crippen LogP contribution >= 0.6 is 0 Å². The van der Waals surface area contributed by atoms with Crippen LogP contribution in [-0.4, -0.2) is 80.9 Å². The van der Waals surface area contributed by atoms with Crippen molar-refractivity contribution in [1.29, 1.82) is 0 Å². The van der Waals surface area contributed by atoms with Crippen LogP contribution < -0.4 is 4.74 Å². The third-order valence-electron chi connectivity index (χ3n) is 9.95. The van der Waals surface area contributed by atoms with Gasteiger partial charge in [-0.1, -0.05) is 30.6 Å². The lowest BCUT2D eigenvalue weighted by Crippen LogP contribution is -2.43. The first kappa shape index (κ1) is 32.2. The highest BCUT2D eigenvalue weighted by molar-refractivity contribution is 6.08. The van der Waals surface area contributed by atoms with E-state index in [1.54, 1.807) is 12.1 Å². The molecule has 6 atom stereocenters. The topological polar surface area (TPSA) is 179 Å². The van der Waals surface area contributed by atoms with Crippen LogP contribution in [-0.2, 0) is 28.8 Å². The minimum atomic E-state index is -0.903. The number of carboxylic acid groups (broad SMARTS) is 2. The molecule has 0 bridgehead atoms. The predicted octanol–water partition coefficient (Wildman–Crippen LogP) is 3.33. The molecule has 4 amide bonds. The Morgan fingerprint density at radius 3 is 1.93 bits per heavy atom. The first-order valence-corrected chi connectivity index (χ1v) is 15.8. The number of benzene rings is 1. The predicted molar refractivity (Wildman–Crippen MR) is 158 cm³/mol. The number of likely N-dealkylation sites (tertiary alicyclic amines) is 2. The molecular weight excluding hydrogens is 584 g/mol. The Morgan fingerprint density at radius 1 is 0.778 bits per heavy atom. The van der Waals surface area contributed by atoms with Crippen LogP contribution in [0.25, 0.3) is 0 Å². The van der Waals surface area contributed by atoms with Gasteiger partial charge in [0.1, 0.15) is 11.5 Å². The van der Waals surface area contributed by atoms with Crippen molar-refractivity contribution in [2.45, 2.75) is 70.1 Å². The first-order chi connectivity index (χ1) is 21.6. The number of carbonyl (C=O) groups excluding carboxylic acids is 4. The van der Waals surface area contributed by atoms with Crippen molar-refractivity contribution < 1.29 is 48.8 Å². The molecule has 1 aromatic rings. The lowest BCUT2D eigenvalue weighted by atomic mass is 9.57. The van der Waals surface area contributed by atoms with Crippen molar-refractivity contribution >= 4 is 35.6 Å². The lowest BCUT2D eigenvalue weighted by Gasteiger charge is -2.44. The molecule has 242 valence electrons. The number of ether oxygens (including phenoxy) is 1. The number of amides is 4. The van der Waals surface area contributed by atoms with Crippen LogP contribution in [0.3, 0.4) is 0 Å². The van der Waals surface area contributed by atoms with Crippen molar-refractivity contribution in [3.8, 4) is 11.5 Å². The number of fused-ring (bicyclic) bond motifs is 4. The van der Waals surface area contributed by atoms with Crippen molar-refractivity contribution in [3.63, 3.8) is 0 Å². The van der Waals surface area contributed by atoms with Gasteiger partial charge in [0.25, 0.3) is 0 Å². The van der Waals surface area contributed by atoms with Crippen molar-refractivity contribution in [1.82, 2.24) is 9.80 Å². The highest BCUT2D eigenvalue weighted by atomic mass is 16.5. The van der Waals surface area contributed by atoms with E-state index in [0.29, 0.717) is 49.8 Å². The number of hydrogen-bond acceptors (Lipinski definition) is 8. The quantitative estimate of drug-likeness (QED) is 0.158. The molecule has 12 nitrogen and oxygen atoms in total. The molecule has 4 aliphatic rings. The Morgan fingerprint density at radius 2 is 1.36 bits per heavy atom. The van der Waals surface area contributed by atoms with Gasteiger partial charge in [-0.15, -0.1) is 0 Å². The Balaban J connectivity index is 1.44. The van der Waals surface area contributed by atoms with E-state index < -0.39 is 47.4 Å². The number of hydrogen-bond donors (Lipinski definition) is 3. The van der Waals surface area contributed by atoms with Crippen molar-refractivity contribution in [3.05, 3.63) is 35.4 Å². The van der Waals surface area contributed by atoms with Gasteiger partial charge in [0.15, 0.2) is 0 Å². The van der Waals surface area contributed by atoms with E-state index in [1.165, 1.54) is 23.0 Å². The number of phenolic OH excluding ortho intramolecular Hbond substituents is 1. The van der Waals surface area contributed by atoms with Gasteiger partial charge < -0.3 is 20.1 Å². The Labute approximate surface area is 261 Å². The zero-order chi connectivity index (χ0) is 32.4. The minimum Gasteiger partial charge on any atom is -0.508 e. The molecule has 6 unspecified atom stereocenters. The minimum absolute atomic E-state index is 0.00673. The number of carbonyl (C=O) groups is 6. The molecule has 3 fully saturated rings. The molecule has 1 saturated carbocycles. The van der Waals surface area contributed by atoms with E-state index >= 15 is 0 Å². The molecule has 0 spiro atoms.